The molecule has 6 heteroatoms. The number of nitrogens with zero attached hydrogens (tertiary/aromatic N) is 2. The Labute approximate surface area is 151 Å². The van der Waals surface area contributed by atoms with Crippen LogP contribution < -0.4 is 5.32 Å². The average Bonchev–Trinajstić information content (AvgIpc) is 3.26. The van der Waals surface area contributed by atoms with Crippen molar-refractivity contribution in [1.29, 1.82) is 0 Å². The van der Waals surface area contributed by atoms with Crippen molar-refractivity contribution < 1.29 is 13.6 Å². The minimum absolute atomic E-state index is 0.0660. The van der Waals surface area contributed by atoms with Crippen LogP contribution in [0.25, 0.3) is 0 Å². The molecule has 4 rings (SSSR count). The van der Waals surface area contributed by atoms with Gasteiger partial charge in [-0.15, -0.1) is 0 Å². The number of amides is 1. The molecule has 1 aromatic heterocycles. The SMILES string of the molecule is CC(C)C1C2CC[C@H]1c1c(NC(=O)c3cn(C)nc3C(F)F)cccc12. The molecule has 1 aromatic carbocycles. The van der Waals surface area contributed by atoms with Crippen molar-refractivity contribution in [2.45, 2.75) is 45.0 Å². The van der Waals surface area contributed by atoms with Gasteiger partial charge >= 0.3 is 0 Å². The minimum atomic E-state index is -2.78. The Morgan fingerprint density at radius 1 is 1.27 bits per heavy atom. The molecule has 2 bridgehead atoms. The number of anilines is 1. The smallest absolute Gasteiger partial charge is 0.282 e. The number of aromatic nitrogens is 2. The first-order valence-corrected chi connectivity index (χ1v) is 9.14. The summed E-state index contributed by atoms with van der Waals surface area (Å²) in [6, 6.07) is 5.98. The molecule has 2 aromatic rings. The number of carbonyl (C=O) groups is 1. The molecule has 0 aliphatic heterocycles. The first-order chi connectivity index (χ1) is 12.4. The molecule has 2 unspecified atom stereocenters. The van der Waals surface area contributed by atoms with Crippen LogP contribution in [0, 0.1) is 11.8 Å². The zero-order valence-corrected chi connectivity index (χ0v) is 15.2. The molecule has 1 amide bonds. The molecule has 26 heavy (non-hydrogen) atoms. The standard InChI is InChI=1S/C20H23F2N3O/c1-10(2)16-12-7-8-13(16)17-11(12)5-4-6-15(17)23-20(26)14-9-25(3)24-18(14)19(21)22/h4-6,9-10,12-13,16,19H,7-8H2,1-3H3,(H,23,26)/t12?,13-,16?/m1/s1. The zero-order chi connectivity index (χ0) is 18.6. The summed E-state index contributed by atoms with van der Waals surface area (Å²) in [5, 5.41) is 6.61. The van der Waals surface area contributed by atoms with Crippen molar-refractivity contribution in [3.8, 4) is 0 Å². The number of alkyl halides is 2. The van der Waals surface area contributed by atoms with E-state index < -0.39 is 18.0 Å². The van der Waals surface area contributed by atoms with E-state index in [1.165, 1.54) is 35.5 Å². The lowest BCUT2D eigenvalue weighted by molar-refractivity contribution is 0.101. The van der Waals surface area contributed by atoms with Crippen molar-refractivity contribution in [1.82, 2.24) is 9.78 Å². The van der Waals surface area contributed by atoms with Crippen molar-refractivity contribution in [3.63, 3.8) is 0 Å². The summed E-state index contributed by atoms with van der Waals surface area (Å²) in [7, 11) is 1.54. The number of benzene rings is 1. The van der Waals surface area contributed by atoms with Crippen LogP contribution in [0.1, 0.15) is 72.1 Å². The number of carbonyl (C=O) groups excluding carboxylic acids is 1. The number of rotatable bonds is 4. The van der Waals surface area contributed by atoms with E-state index in [-0.39, 0.29) is 5.56 Å². The summed E-state index contributed by atoms with van der Waals surface area (Å²) >= 11 is 0. The Bertz CT molecular complexity index is 859. The molecule has 0 saturated heterocycles. The number of hydrogen-bond donors (Lipinski definition) is 1. The average molecular weight is 359 g/mol. The van der Waals surface area contributed by atoms with Crippen molar-refractivity contribution in [2.75, 3.05) is 5.32 Å². The first-order valence-electron chi connectivity index (χ1n) is 9.14. The summed E-state index contributed by atoms with van der Waals surface area (Å²) in [6.45, 7) is 4.51. The molecule has 3 atom stereocenters. The van der Waals surface area contributed by atoms with Gasteiger partial charge in [-0.3, -0.25) is 9.48 Å². The monoisotopic (exact) mass is 359 g/mol. The van der Waals surface area contributed by atoms with E-state index >= 15 is 0 Å². The topological polar surface area (TPSA) is 46.9 Å². The molecule has 0 radical (unpaired) electrons. The van der Waals surface area contributed by atoms with Gasteiger partial charge < -0.3 is 5.32 Å². The maximum atomic E-state index is 13.2. The van der Waals surface area contributed by atoms with Crippen LogP contribution in [0.15, 0.2) is 24.4 Å². The second-order valence-electron chi connectivity index (χ2n) is 7.78. The quantitative estimate of drug-likeness (QED) is 0.848. The molecule has 1 saturated carbocycles. The van der Waals surface area contributed by atoms with Crippen LogP contribution in [-0.2, 0) is 7.05 Å². The largest absolute Gasteiger partial charge is 0.322 e. The number of hydrogen-bond acceptors (Lipinski definition) is 2. The van der Waals surface area contributed by atoms with Crippen LogP contribution in [0.4, 0.5) is 14.5 Å². The molecule has 1 heterocycles. The van der Waals surface area contributed by atoms with Crippen molar-refractivity contribution in [2.24, 2.45) is 18.9 Å². The molecule has 1 N–H and O–H groups in total. The van der Waals surface area contributed by atoms with Crippen LogP contribution in [0.5, 0.6) is 0 Å². The van der Waals surface area contributed by atoms with Crippen LogP contribution in [0.3, 0.4) is 0 Å². The molecule has 0 spiro atoms. The Morgan fingerprint density at radius 3 is 2.69 bits per heavy atom. The van der Waals surface area contributed by atoms with E-state index in [0.29, 0.717) is 23.7 Å². The van der Waals surface area contributed by atoms with Gasteiger partial charge in [-0.2, -0.15) is 5.10 Å². The molecule has 2 aliphatic carbocycles. The lowest BCUT2D eigenvalue weighted by Gasteiger charge is -2.21. The third kappa shape index (κ3) is 2.54. The van der Waals surface area contributed by atoms with Gasteiger partial charge in [0.2, 0.25) is 0 Å². The van der Waals surface area contributed by atoms with E-state index in [2.05, 4.69) is 30.3 Å². The number of halogens is 2. The Balaban J connectivity index is 1.67. The van der Waals surface area contributed by atoms with Crippen LogP contribution in [0.2, 0.25) is 0 Å². The van der Waals surface area contributed by atoms with E-state index in [1.807, 2.05) is 12.1 Å². The van der Waals surface area contributed by atoms with E-state index in [9.17, 15) is 13.6 Å². The lowest BCUT2D eigenvalue weighted by Crippen LogP contribution is -2.16. The minimum Gasteiger partial charge on any atom is -0.322 e. The molecular weight excluding hydrogens is 336 g/mol. The normalized spacial score (nSPS) is 23.7. The summed E-state index contributed by atoms with van der Waals surface area (Å²) in [5.74, 6) is 1.63. The lowest BCUT2D eigenvalue weighted by atomic mass is 9.85. The molecule has 4 nitrogen and oxygen atoms in total. The van der Waals surface area contributed by atoms with Gasteiger partial charge in [0.25, 0.3) is 12.3 Å². The highest BCUT2D eigenvalue weighted by Crippen LogP contribution is 2.61. The predicted molar refractivity (Wildman–Crippen MR) is 95.6 cm³/mol. The molecule has 138 valence electrons. The van der Waals surface area contributed by atoms with Crippen LogP contribution >= 0.6 is 0 Å². The number of aryl methyl sites for hydroxylation is 1. The van der Waals surface area contributed by atoms with Gasteiger partial charge in [0, 0.05) is 18.9 Å². The maximum Gasteiger partial charge on any atom is 0.282 e. The van der Waals surface area contributed by atoms with Gasteiger partial charge in [-0.1, -0.05) is 26.0 Å². The molecular formula is C20H23F2N3O. The fraction of sp³-hybridized carbons (Fsp3) is 0.500. The van der Waals surface area contributed by atoms with Crippen molar-refractivity contribution in [3.05, 3.63) is 46.8 Å². The molecule has 2 aliphatic rings. The summed E-state index contributed by atoms with van der Waals surface area (Å²) in [5.41, 5.74) is 2.74. The van der Waals surface area contributed by atoms with Crippen LogP contribution in [-0.4, -0.2) is 15.7 Å². The van der Waals surface area contributed by atoms with Gasteiger partial charge in [-0.05, 0) is 53.7 Å². The highest BCUT2D eigenvalue weighted by atomic mass is 19.3. The second kappa shape index (κ2) is 6.18. The van der Waals surface area contributed by atoms with E-state index in [0.717, 1.165) is 12.1 Å². The third-order valence-corrected chi connectivity index (χ3v) is 5.95. The zero-order valence-electron chi connectivity index (χ0n) is 15.2. The fourth-order valence-corrected chi connectivity index (χ4v) is 5.11. The first kappa shape index (κ1) is 17.2. The summed E-state index contributed by atoms with van der Waals surface area (Å²) in [4.78, 5) is 12.7. The molecule has 1 fully saturated rings. The van der Waals surface area contributed by atoms with Gasteiger partial charge in [0.15, 0.2) is 0 Å². The fourth-order valence-electron chi connectivity index (χ4n) is 5.11. The Morgan fingerprint density at radius 2 is 2.00 bits per heavy atom. The summed E-state index contributed by atoms with van der Waals surface area (Å²) < 4.78 is 27.6. The van der Waals surface area contributed by atoms with E-state index in [4.69, 9.17) is 0 Å². The van der Waals surface area contributed by atoms with E-state index in [1.54, 1.807) is 0 Å². The summed E-state index contributed by atoms with van der Waals surface area (Å²) in [6.07, 6.45) is 0.890. The third-order valence-electron chi connectivity index (χ3n) is 5.95. The highest BCUT2D eigenvalue weighted by molar-refractivity contribution is 6.05. The van der Waals surface area contributed by atoms with Crippen molar-refractivity contribution >= 4 is 11.6 Å². The van der Waals surface area contributed by atoms with Gasteiger partial charge in [0.05, 0.1) is 5.56 Å². The van der Waals surface area contributed by atoms with Gasteiger partial charge in [0.1, 0.15) is 5.69 Å². The highest BCUT2D eigenvalue weighted by Gasteiger charge is 2.48. The number of nitrogens with one attached hydrogen (secondary N) is 1. The second-order valence-corrected chi connectivity index (χ2v) is 7.78. The maximum absolute atomic E-state index is 13.2. The Kier molecular flexibility index (Phi) is 4.09. The predicted octanol–water partition coefficient (Wildman–Crippen LogP) is 4.86. The number of fused-ring (bicyclic) bond motifs is 5. The Hall–Kier alpha value is -2.24. The van der Waals surface area contributed by atoms with Gasteiger partial charge in [-0.25, -0.2) is 8.78 Å².